The van der Waals surface area contributed by atoms with E-state index in [1.54, 1.807) is 0 Å². The summed E-state index contributed by atoms with van der Waals surface area (Å²) in [6.07, 6.45) is 0. The number of hydrogen-bond donors (Lipinski definition) is 0. The van der Waals surface area contributed by atoms with Gasteiger partial charge in [-0.15, -0.1) is 0 Å². The fourth-order valence-electron chi connectivity index (χ4n) is 0. The van der Waals surface area contributed by atoms with Gasteiger partial charge in [0.2, 0.25) is 0 Å². The van der Waals surface area contributed by atoms with Crippen LogP contribution in [0.25, 0.3) is 0 Å². The molecule has 0 spiro atoms. The van der Waals surface area contributed by atoms with E-state index < -0.39 is 0 Å². The first-order valence-corrected chi connectivity index (χ1v) is 0. The van der Waals surface area contributed by atoms with Crippen LogP contribution < -0.4 is 486 Å². The summed E-state index contributed by atoms with van der Waals surface area (Å²) in [7, 11) is 0. The average Bonchev–Trinajstić information content (AvgIpc) is 0. The van der Waals surface area contributed by atoms with Crippen LogP contribution in [0.3, 0.4) is 0 Å². The Morgan fingerprint density at radius 3 is 0.250 bits per heavy atom. The van der Waals surface area contributed by atoms with Gasteiger partial charge in [0.25, 0.3) is 0 Å². The smallest absolute Gasteiger partial charge is 1.00 e. The molecule has 12 heavy (non-hydrogen) atoms. The van der Waals surface area contributed by atoms with Crippen LogP contribution in [0, 0.1) is 0 Å². The van der Waals surface area contributed by atoms with Crippen molar-refractivity contribution in [3.05, 3.63) is 0 Å². The molecule has 12 heteroatoms. The van der Waals surface area contributed by atoms with Gasteiger partial charge < -0.3 is 17.1 Å². The second-order valence-corrected chi connectivity index (χ2v) is 0. The Labute approximate surface area is 483 Å². The first-order chi connectivity index (χ1) is 0. The van der Waals surface area contributed by atoms with Gasteiger partial charge in [0.1, 0.15) is 0 Å². The van der Waals surface area contributed by atoms with E-state index in [4.69, 9.17) is 0 Å². The molecule has 0 bridgehead atoms. The van der Waals surface area contributed by atoms with Crippen molar-refractivity contribution in [1.82, 2.24) is 0 Å². The van der Waals surface area contributed by atoms with Crippen molar-refractivity contribution in [3.8, 4) is 0 Å². The molecule has 0 nitrogen and oxygen atoms in total. The van der Waals surface area contributed by atoms with Crippen LogP contribution in [-0.4, -0.2) is 0 Å². The van der Waals surface area contributed by atoms with Gasteiger partial charge in [0.05, 0.1) is 0 Å². The molecule has 0 aliphatic heterocycles. The topological polar surface area (TPSA) is 0 Å². The zero-order chi connectivity index (χ0) is 0. The summed E-state index contributed by atoms with van der Waals surface area (Å²) >= 11 is 0. The number of rotatable bonds is 0. The summed E-state index contributed by atoms with van der Waals surface area (Å²) in [6, 6.07) is 0. The second-order valence-electron chi connectivity index (χ2n) is 0. The third-order valence-electron chi connectivity index (χ3n) is 0. The van der Waals surface area contributed by atoms with Gasteiger partial charge >= 0.3 is 486 Å². The Balaban J connectivity index is 0. The van der Waals surface area contributed by atoms with Gasteiger partial charge in [-0.25, -0.2) is 0 Å². The molecule has 0 heterocycles. The van der Waals surface area contributed by atoms with Crippen LogP contribution in [0.5, 0.6) is 0 Å². The van der Waals surface area contributed by atoms with E-state index >= 15 is 0 Å². The number of hydrogen-bond acceptors (Lipinski definition) is 0. The third kappa shape index (κ3) is 63.6. The van der Waals surface area contributed by atoms with Crippen molar-refractivity contribution in [1.29, 1.82) is 0 Å². The predicted octanol–water partition coefficient (Wildman–Crippen LogP) is -34.6. The molecule has 0 aliphatic rings. The first-order valence-electron chi connectivity index (χ1n) is 0. The maximum atomic E-state index is 0. The summed E-state index contributed by atoms with van der Waals surface area (Å²) in [4.78, 5) is 0. The molecule has 0 rings (SSSR count). The van der Waals surface area contributed by atoms with Crippen molar-refractivity contribution in [3.63, 3.8) is 0 Å². The van der Waals surface area contributed by atoms with E-state index in [9.17, 15) is 0 Å². The summed E-state index contributed by atoms with van der Waals surface area (Å²) in [5.41, 5.74) is 0. The van der Waals surface area contributed by atoms with E-state index in [1.807, 2.05) is 0 Å². The maximum Gasteiger partial charge on any atom is 1.00 e. The fraction of sp³-hybridized carbons (Fsp3) is 0. The van der Waals surface area contributed by atoms with Gasteiger partial charge in [-0.3, -0.25) is 0 Å². The molecule has 0 N–H and O–H groups in total. The Hall–Kier alpha value is 15.8. The van der Waals surface area contributed by atoms with Gasteiger partial charge in [-0.2, -0.15) is 0 Å². The largest absolute Gasteiger partial charge is 1.00 e. The molecule has 0 radical (unpaired) electrons. The standard InChI is InChI=1S/6K.6Na.12H/q12*+1;12*-1. The quantitative estimate of drug-likeness (QED) is 0.364. The van der Waals surface area contributed by atoms with E-state index in [0.717, 1.165) is 0 Å². The predicted molar refractivity (Wildman–Crippen MR) is 13.3 cm³/mol. The Kier molecular flexibility index (Phi) is 476. The van der Waals surface area contributed by atoms with Crippen LogP contribution >= 0.6 is 0 Å². The van der Waals surface area contributed by atoms with Crippen LogP contribution in [0.4, 0.5) is 0 Å². The van der Waals surface area contributed by atoms with Crippen molar-refractivity contribution in [2.24, 2.45) is 0 Å². The summed E-state index contributed by atoms with van der Waals surface area (Å²) in [5, 5.41) is 0. The first kappa shape index (κ1) is 80.0. The molecule has 0 aliphatic carbocycles. The van der Waals surface area contributed by atoms with Gasteiger partial charge in [0.15, 0.2) is 0 Å². The van der Waals surface area contributed by atoms with E-state index in [0.29, 0.717) is 0 Å². The zero-order valence-electron chi connectivity index (χ0n) is 24.0. The summed E-state index contributed by atoms with van der Waals surface area (Å²) < 4.78 is 0. The molecule has 24 valence electrons. The molecular formula is H12K6Na6. The molecule has 0 fully saturated rings. The Morgan fingerprint density at radius 2 is 0.250 bits per heavy atom. The van der Waals surface area contributed by atoms with Crippen molar-refractivity contribution < 1.29 is 503 Å². The zero-order valence-corrected chi connectivity index (χ0v) is 42.7. The molecule has 0 saturated heterocycles. The van der Waals surface area contributed by atoms with Gasteiger partial charge in [-0.05, 0) is 0 Å². The van der Waals surface area contributed by atoms with Crippen LogP contribution in [0.15, 0.2) is 0 Å². The van der Waals surface area contributed by atoms with Crippen LogP contribution in [0.1, 0.15) is 17.1 Å². The molecule has 0 aromatic carbocycles. The minimum atomic E-state index is 0. The van der Waals surface area contributed by atoms with E-state index in [1.165, 1.54) is 0 Å². The third-order valence-corrected chi connectivity index (χ3v) is 0. The monoisotopic (exact) mass is 384 g/mol. The molecule has 0 aromatic rings. The minimum Gasteiger partial charge on any atom is -1.00 e. The van der Waals surface area contributed by atoms with Crippen LogP contribution in [0.2, 0.25) is 0 Å². The van der Waals surface area contributed by atoms with Crippen molar-refractivity contribution >= 4 is 0 Å². The molecule has 0 unspecified atom stereocenters. The van der Waals surface area contributed by atoms with E-state index in [2.05, 4.69) is 0 Å². The van der Waals surface area contributed by atoms with Gasteiger partial charge in [0, 0.05) is 0 Å². The average molecular weight is 385 g/mol. The van der Waals surface area contributed by atoms with E-state index in [-0.39, 0.29) is 503 Å². The second kappa shape index (κ2) is 71.4. The Morgan fingerprint density at radius 1 is 0.250 bits per heavy atom. The van der Waals surface area contributed by atoms with Crippen molar-refractivity contribution in [2.75, 3.05) is 0 Å². The SMILES string of the molecule is [H-].[H-].[H-].[H-].[H-].[H-].[H-].[H-].[H-].[H-].[H-].[H-].[K+].[K+].[K+].[K+].[K+].[K+].[Na+].[Na+].[Na+].[Na+].[Na+].[Na+]. The molecule has 0 saturated carbocycles. The maximum absolute atomic E-state index is 0. The summed E-state index contributed by atoms with van der Waals surface area (Å²) in [6.45, 7) is 0. The normalized spacial score (nSPS) is 0. The fourth-order valence-corrected chi connectivity index (χ4v) is 0. The molecule has 0 atom stereocenters. The van der Waals surface area contributed by atoms with Crippen molar-refractivity contribution in [2.45, 2.75) is 0 Å². The minimum absolute atomic E-state index is 0. The molecular weight excluding hydrogens is 373 g/mol. The van der Waals surface area contributed by atoms with Gasteiger partial charge in [-0.1, -0.05) is 0 Å². The summed E-state index contributed by atoms with van der Waals surface area (Å²) in [5.74, 6) is 0. The van der Waals surface area contributed by atoms with Crippen LogP contribution in [-0.2, 0) is 0 Å². The Bertz CT molecular complexity index is 36.0. The molecule has 0 amide bonds. The molecule has 0 aromatic heterocycles.